The van der Waals surface area contributed by atoms with Crippen LogP contribution in [0.5, 0.6) is 0 Å². The molecule has 0 aliphatic heterocycles. The Morgan fingerprint density at radius 2 is 2.00 bits per heavy atom. The SMILES string of the molecule is CNC(=O)c1cc(Cl)cc(N=CC(C(=O)OC)=C(C)O)c1Cl. The normalized spacial score (nSPS) is 12.0. The molecule has 0 saturated carbocycles. The van der Waals surface area contributed by atoms with Gasteiger partial charge in [0.2, 0.25) is 0 Å². The quantitative estimate of drug-likeness (QED) is 0.380. The van der Waals surface area contributed by atoms with Crippen LogP contribution in [0.25, 0.3) is 0 Å². The lowest BCUT2D eigenvalue weighted by atomic mass is 10.2. The van der Waals surface area contributed by atoms with Gasteiger partial charge in [0, 0.05) is 18.3 Å². The summed E-state index contributed by atoms with van der Waals surface area (Å²) in [5.74, 6) is -1.44. The van der Waals surface area contributed by atoms with Gasteiger partial charge in [-0.05, 0) is 19.1 Å². The molecule has 2 N–H and O–H groups in total. The van der Waals surface area contributed by atoms with E-state index in [-0.39, 0.29) is 32.6 Å². The molecule has 1 amide bonds. The summed E-state index contributed by atoms with van der Waals surface area (Å²) in [6.45, 7) is 1.31. The summed E-state index contributed by atoms with van der Waals surface area (Å²) < 4.78 is 4.52. The minimum Gasteiger partial charge on any atom is -0.512 e. The van der Waals surface area contributed by atoms with Gasteiger partial charge in [0.05, 0.1) is 23.4 Å². The third kappa shape index (κ3) is 4.22. The Balaban J connectivity index is 3.31. The topological polar surface area (TPSA) is 88.0 Å². The fourth-order valence-electron chi connectivity index (χ4n) is 1.51. The first kappa shape index (κ1) is 18.0. The van der Waals surface area contributed by atoms with Crippen LogP contribution in [0.15, 0.2) is 28.5 Å². The Morgan fingerprint density at radius 3 is 2.50 bits per heavy atom. The van der Waals surface area contributed by atoms with Crippen LogP contribution in [-0.4, -0.2) is 37.4 Å². The maximum Gasteiger partial charge on any atom is 0.342 e. The number of aliphatic hydroxyl groups is 1. The molecule has 1 aromatic rings. The van der Waals surface area contributed by atoms with Crippen molar-refractivity contribution in [1.29, 1.82) is 0 Å². The van der Waals surface area contributed by atoms with Crippen LogP contribution in [0.3, 0.4) is 0 Å². The number of hydrogen-bond donors (Lipinski definition) is 2. The standard InChI is InChI=1S/C14H14Cl2N2O4/c1-7(19)10(14(21)22-3)6-18-11-5-8(15)4-9(12(11)16)13(20)17-2/h4-6,19H,1-3H3,(H,17,20). The van der Waals surface area contributed by atoms with E-state index in [9.17, 15) is 14.7 Å². The molecule has 0 radical (unpaired) electrons. The van der Waals surface area contributed by atoms with Crippen molar-refractivity contribution < 1.29 is 19.4 Å². The Bertz CT molecular complexity index is 665. The van der Waals surface area contributed by atoms with Gasteiger partial charge >= 0.3 is 5.97 Å². The molecule has 1 rings (SSSR count). The van der Waals surface area contributed by atoms with E-state index in [1.165, 1.54) is 33.2 Å². The van der Waals surface area contributed by atoms with Crippen LogP contribution < -0.4 is 5.32 Å². The molecule has 0 saturated heterocycles. The first-order valence-electron chi connectivity index (χ1n) is 6.05. The van der Waals surface area contributed by atoms with Crippen LogP contribution in [0.1, 0.15) is 17.3 Å². The Hall–Kier alpha value is -2.05. The van der Waals surface area contributed by atoms with E-state index >= 15 is 0 Å². The van der Waals surface area contributed by atoms with Crippen molar-refractivity contribution in [3.05, 3.63) is 39.1 Å². The molecule has 0 aromatic heterocycles. The molecule has 0 unspecified atom stereocenters. The fraction of sp³-hybridized carbons (Fsp3) is 0.214. The lowest BCUT2D eigenvalue weighted by Gasteiger charge is -2.07. The number of carbonyl (C=O) groups is 2. The molecule has 22 heavy (non-hydrogen) atoms. The number of ether oxygens (including phenoxy) is 1. The highest BCUT2D eigenvalue weighted by Gasteiger charge is 2.15. The van der Waals surface area contributed by atoms with Crippen molar-refractivity contribution in [2.24, 2.45) is 4.99 Å². The highest BCUT2D eigenvalue weighted by molar-refractivity contribution is 6.38. The van der Waals surface area contributed by atoms with Crippen LogP contribution >= 0.6 is 23.2 Å². The average Bonchev–Trinajstić information content (AvgIpc) is 2.48. The highest BCUT2D eigenvalue weighted by atomic mass is 35.5. The Kier molecular flexibility index (Phi) is 6.39. The molecule has 0 atom stereocenters. The molecule has 0 heterocycles. The van der Waals surface area contributed by atoms with Gasteiger partial charge in [-0.15, -0.1) is 0 Å². The van der Waals surface area contributed by atoms with Gasteiger partial charge in [-0.1, -0.05) is 23.2 Å². The third-order valence-corrected chi connectivity index (χ3v) is 3.23. The summed E-state index contributed by atoms with van der Waals surface area (Å²) >= 11 is 12.0. The number of nitrogens with zero attached hydrogens (tertiary/aromatic N) is 1. The molecular formula is C14H14Cl2N2O4. The number of amides is 1. The van der Waals surface area contributed by atoms with Gasteiger partial charge in [-0.2, -0.15) is 0 Å². The minimum absolute atomic E-state index is 0.0693. The number of methoxy groups -OCH3 is 1. The summed E-state index contributed by atoms with van der Waals surface area (Å²) in [5.41, 5.74) is 0.184. The van der Waals surface area contributed by atoms with Crippen molar-refractivity contribution in [1.82, 2.24) is 5.32 Å². The maximum atomic E-state index is 11.7. The van der Waals surface area contributed by atoms with Gasteiger partial charge in [-0.25, -0.2) is 4.79 Å². The summed E-state index contributed by atoms with van der Waals surface area (Å²) in [7, 11) is 2.63. The molecule has 8 heteroatoms. The predicted octanol–water partition coefficient (Wildman–Crippen LogP) is 3.06. The first-order chi connectivity index (χ1) is 10.3. The number of rotatable bonds is 4. The highest BCUT2D eigenvalue weighted by Crippen LogP contribution is 2.32. The molecule has 6 nitrogen and oxygen atoms in total. The van der Waals surface area contributed by atoms with Crippen LogP contribution in [0, 0.1) is 0 Å². The van der Waals surface area contributed by atoms with E-state index in [1.54, 1.807) is 0 Å². The van der Waals surface area contributed by atoms with Crippen molar-refractivity contribution >= 4 is 47.0 Å². The molecule has 0 spiro atoms. The number of allylic oxidation sites excluding steroid dienone is 1. The van der Waals surface area contributed by atoms with Gasteiger partial charge in [0.25, 0.3) is 5.91 Å². The molecule has 0 aliphatic rings. The average molecular weight is 345 g/mol. The fourth-order valence-corrected chi connectivity index (χ4v) is 1.96. The third-order valence-electron chi connectivity index (χ3n) is 2.62. The Labute approximate surface area is 137 Å². The lowest BCUT2D eigenvalue weighted by Crippen LogP contribution is -2.18. The second-order valence-electron chi connectivity index (χ2n) is 4.11. The number of halogens is 2. The Morgan fingerprint density at radius 1 is 1.36 bits per heavy atom. The number of carbonyl (C=O) groups excluding carboxylic acids is 2. The molecule has 0 bridgehead atoms. The lowest BCUT2D eigenvalue weighted by molar-refractivity contribution is -0.135. The van der Waals surface area contributed by atoms with Crippen molar-refractivity contribution in [2.45, 2.75) is 6.92 Å². The second-order valence-corrected chi connectivity index (χ2v) is 4.93. The van der Waals surface area contributed by atoms with Crippen molar-refractivity contribution in [3.63, 3.8) is 0 Å². The number of nitrogens with one attached hydrogen (secondary N) is 1. The number of aliphatic imine (C=N–C) groups is 1. The summed E-state index contributed by atoms with van der Waals surface area (Å²) in [6.07, 6.45) is 1.09. The van der Waals surface area contributed by atoms with E-state index < -0.39 is 11.9 Å². The second kappa shape index (κ2) is 7.82. The monoisotopic (exact) mass is 344 g/mol. The zero-order valence-electron chi connectivity index (χ0n) is 12.1. The number of aliphatic hydroxyl groups excluding tert-OH is 1. The van der Waals surface area contributed by atoms with Crippen LogP contribution in [0.2, 0.25) is 10.0 Å². The first-order valence-corrected chi connectivity index (χ1v) is 6.80. The van der Waals surface area contributed by atoms with Crippen LogP contribution in [-0.2, 0) is 9.53 Å². The smallest absolute Gasteiger partial charge is 0.342 e. The minimum atomic E-state index is -0.756. The van der Waals surface area contributed by atoms with E-state index in [1.807, 2.05) is 0 Å². The van der Waals surface area contributed by atoms with Gasteiger partial charge < -0.3 is 15.2 Å². The van der Waals surface area contributed by atoms with E-state index in [2.05, 4.69) is 15.0 Å². The summed E-state index contributed by atoms with van der Waals surface area (Å²) in [4.78, 5) is 27.2. The van der Waals surface area contributed by atoms with Gasteiger partial charge in [-0.3, -0.25) is 9.79 Å². The zero-order valence-corrected chi connectivity index (χ0v) is 13.6. The van der Waals surface area contributed by atoms with Crippen molar-refractivity contribution in [3.8, 4) is 0 Å². The summed E-state index contributed by atoms with van der Waals surface area (Å²) in [6, 6.07) is 2.82. The maximum absolute atomic E-state index is 11.7. The van der Waals surface area contributed by atoms with Gasteiger partial charge in [0.15, 0.2) is 0 Å². The molecule has 118 valence electrons. The molecule has 0 fully saturated rings. The van der Waals surface area contributed by atoms with E-state index in [0.717, 1.165) is 6.21 Å². The number of esters is 1. The van der Waals surface area contributed by atoms with Gasteiger partial charge in [0.1, 0.15) is 11.3 Å². The number of hydrogen-bond acceptors (Lipinski definition) is 5. The number of benzene rings is 1. The summed E-state index contributed by atoms with van der Waals surface area (Å²) in [5, 5.41) is 12.2. The molecule has 1 aromatic carbocycles. The zero-order chi connectivity index (χ0) is 16.9. The van der Waals surface area contributed by atoms with E-state index in [0.29, 0.717) is 0 Å². The van der Waals surface area contributed by atoms with Crippen LogP contribution in [0.4, 0.5) is 5.69 Å². The van der Waals surface area contributed by atoms with E-state index in [4.69, 9.17) is 23.2 Å². The molecular weight excluding hydrogens is 331 g/mol. The largest absolute Gasteiger partial charge is 0.512 e. The van der Waals surface area contributed by atoms with Crippen molar-refractivity contribution in [2.75, 3.05) is 14.2 Å². The molecule has 0 aliphatic carbocycles. The predicted molar refractivity (Wildman–Crippen MR) is 85.3 cm³/mol.